The first-order chi connectivity index (χ1) is 15.6. The summed E-state index contributed by atoms with van der Waals surface area (Å²) in [6.45, 7) is 3.59. The molecule has 2 aliphatic heterocycles. The van der Waals surface area contributed by atoms with Crippen LogP contribution in [-0.2, 0) is 26.2 Å². The van der Waals surface area contributed by atoms with E-state index < -0.39 is 41.1 Å². The van der Waals surface area contributed by atoms with Gasteiger partial charge in [-0.15, -0.1) is 0 Å². The van der Waals surface area contributed by atoms with Gasteiger partial charge >= 0.3 is 5.97 Å². The summed E-state index contributed by atoms with van der Waals surface area (Å²) in [5.74, 6) is 0.192. The van der Waals surface area contributed by atoms with Gasteiger partial charge in [0.25, 0.3) is 0 Å². The van der Waals surface area contributed by atoms with E-state index in [0.29, 0.717) is 36.5 Å². The lowest BCUT2D eigenvalue weighted by Crippen LogP contribution is -2.74. The van der Waals surface area contributed by atoms with Gasteiger partial charge in [-0.2, -0.15) is 0 Å². The van der Waals surface area contributed by atoms with Gasteiger partial charge in [0.15, 0.2) is 17.6 Å². The van der Waals surface area contributed by atoms with Crippen LogP contribution in [-0.4, -0.2) is 77.6 Å². The minimum Gasteiger partial charge on any atom is -0.493 e. The van der Waals surface area contributed by atoms with E-state index in [4.69, 9.17) is 14.2 Å². The van der Waals surface area contributed by atoms with Crippen molar-refractivity contribution >= 4 is 11.9 Å². The topological polar surface area (TPSA) is 118 Å². The Kier molecular flexibility index (Phi) is 5.00. The van der Waals surface area contributed by atoms with E-state index in [-0.39, 0.29) is 6.04 Å². The average molecular weight is 459 g/mol. The lowest BCUT2D eigenvalue weighted by molar-refractivity contribution is -0.170. The van der Waals surface area contributed by atoms with Gasteiger partial charge in [-0.25, -0.2) is 4.79 Å². The number of carbonyl (C=O) groups excluding carboxylic acids is 2. The van der Waals surface area contributed by atoms with Gasteiger partial charge in [0, 0.05) is 18.0 Å². The maximum absolute atomic E-state index is 12.8. The third-order valence-electron chi connectivity index (χ3n) is 7.87. The first kappa shape index (κ1) is 22.2. The van der Waals surface area contributed by atoms with Crippen molar-refractivity contribution in [2.45, 2.75) is 68.4 Å². The molecule has 0 unspecified atom stereocenters. The number of amides is 1. The molecule has 0 aromatic heterocycles. The SMILES string of the molecule is COc1ccc2c3c1O[C@H]1C(OC(=O)[C@H](C)NC(=O)[C@H](C)O)=CC[C@@]4(O)[C@H](C2)N(C)CC[C@]314. The molecule has 5 rings (SSSR count). The summed E-state index contributed by atoms with van der Waals surface area (Å²) >= 11 is 0. The monoisotopic (exact) mass is 458 g/mol. The Morgan fingerprint density at radius 2 is 2.09 bits per heavy atom. The maximum atomic E-state index is 12.8. The molecular formula is C24H30N2O7. The van der Waals surface area contributed by atoms with Gasteiger partial charge in [0.05, 0.1) is 18.1 Å². The first-order valence-electron chi connectivity index (χ1n) is 11.3. The number of likely N-dealkylation sites (N-methyl/N-ethyl adjacent to an activating group) is 1. The van der Waals surface area contributed by atoms with Crippen LogP contribution in [0.15, 0.2) is 24.0 Å². The number of ether oxygens (including phenoxy) is 3. The molecule has 33 heavy (non-hydrogen) atoms. The molecule has 2 bridgehead atoms. The van der Waals surface area contributed by atoms with E-state index >= 15 is 0 Å². The predicted molar refractivity (Wildman–Crippen MR) is 117 cm³/mol. The first-order valence-corrected chi connectivity index (χ1v) is 11.3. The fourth-order valence-corrected chi connectivity index (χ4v) is 6.19. The number of aliphatic hydroxyl groups excluding tert-OH is 1. The van der Waals surface area contributed by atoms with E-state index in [9.17, 15) is 19.8 Å². The van der Waals surface area contributed by atoms with E-state index in [1.165, 1.54) is 13.8 Å². The molecule has 4 aliphatic rings. The van der Waals surface area contributed by atoms with Crippen LogP contribution in [0.1, 0.15) is 37.8 Å². The zero-order valence-corrected chi connectivity index (χ0v) is 19.3. The highest BCUT2D eigenvalue weighted by atomic mass is 16.6. The molecule has 0 saturated carbocycles. The van der Waals surface area contributed by atoms with E-state index in [1.54, 1.807) is 13.2 Å². The summed E-state index contributed by atoms with van der Waals surface area (Å²) in [5.41, 5.74) is 0.214. The quantitative estimate of drug-likeness (QED) is 0.543. The molecule has 9 nitrogen and oxygen atoms in total. The Morgan fingerprint density at radius 3 is 2.79 bits per heavy atom. The highest BCUT2D eigenvalue weighted by Crippen LogP contribution is 2.65. The fourth-order valence-electron chi connectivity index (χ4n) is 6.19. The molecule has 1 aromatic rings. The second-order valence-corrected chi connectivity index (χ2v) is 9.61. The van der Waals surface area contributed by atoms with Crippen LogP contribution in [0.2, 0.25) is 0 Å². The minimum absolute atomic E-state index is 0.0954. The van der Waals surface area contributed by atoms with Crippen molar-refractivity contribution in [1.29, 1.82) is 0 Å². The smallest absolute Gasteiger partial charge is 0.333 e. The number of nitrogens with zero attached hydrogens (tertiary/aromatic N) is 1. The van der Waals surface area contributed by atoms with Crippen LogP contribution in [0, 0.1) is 0 Å². The zero-order chi connectivity index (χ0) is 23.7. The van der Waals surface area contributed by atoms with Crippen LogP contribution >= 0.6 is 0 Å². The fraction of sp³-hybridized carbons (Fsp3) is 0.583. The summed E-state index contributed by atoms with van der Waals surface area (Å²) in [6.07, 6.45) is 1.45. The van der Waals surface area contributed by atoms with Crippen molar-refractivity contribution < 1.29 is 34.0 Å². The van der Waals surface area contributed by atoms with Crippen LogP contribution < -0.4 is 14.8 Å². The van der Waals surface area contributed by atoms with Gasteiger partial charge in [-0.05, 0) is 58.0 Å². The van der Waals surface area contributed by atoms with Crippen molar-refractivity contribution in [3.8, 4) is 11.5 Å². The Morgan fingerprint density at radius 1 is 1.33 bits per heavy atom. The molecular weight excluding hydrogens is 428 g/mol. The normalized spacial score (nSPS) is 33.2. The number of carbonyl (C=O) groups is 2. The largest absolute Gasteiger partial charge is 0.493 e. The third-order valence-corrected chi connectivity index (χ3v) is 7.87. The van der Waals surface area contributed by atoms with Crippen molar-refractivity contribution in [3.05, 3.63) is 35.1 Å². The Bertz CT molecular complexity index is 1050. The molecule has 3 N–H and O–H groups in total. The molecule has 1 spiro atoms. The van der Waals surface area contributed by atoms with Crippen LogP contribution in [0.5, 0.6) is 11.5 Å². The Labute approximate surface area is 192 Å². The number of nitrogens with one attached hydrogen (secondary N) is 1. The lowest BCUT2D eigenvalue weighted by Gasteiger charge is -2.61. The van der Waals surface area contributed by atoms with E-state index in [0.717, 1.165) is 17.7 Å². The molecule has 2 heterocycles. The Hall–Kier alpha value is -2.62. The number of benzene rings is 1. The van der Waals surface area contributed by atoms with E-state index in [1.807, 2.05) is 19.2 Å². The van der Waals surface area contributed by atoms with Crippen molar-refractivity contribution in [2.24, 2.45) is 0 Å². The number of hydrogen-bond acceptors (Lipinski definition) is 8. The second kappa shape index (κ2) is 7.44. The van der Waals surface area contributed by atoms with Crippen LogP contribution in [0.3, 0.4) is 0 Å². The number of aliphatic hydroxyl groups is 2. The lowest BCUT2D eigenvalue weighted by atomic mass is 9.50. The van der Waals surface area contributed by atoms with Crippen molar-refractivity contribution in [1.82, 2.24) is 10.2 Å². The molecule has 1 aromatic carbocycles. The zero-order valence-electron chi connectivity index (χ0n) is 19.3. The standard InChI is InChI=1S/C24H30N2O7/c1-12(25-21(28)13(2)27)22(29)32-16-7-8-24(30)17-11-14-5-6-15(31-4)19-18(14)23(24,20(16)33-19)9-10-26(17)3/h5-7,12-13,17,20,27,30H,8-11H2,1-4H3,(H,25,28)/t12-,13-,17-,20-,23-,24+/m0/s1. The number of piperidine rings is 1. The summed E-state index contributed by atoms with van der Waals surface area (Å²) in [7, 11) is 3.61. The maximum Gasteiger partial charge on any atom is 0.333 e. The molecule has 1 saturated heterocycles. The molecule has 1 amide bonds. The molecule has 0 radical (unpaired) electrons. The second-order valence-electron chi connectivity index (χ2n) is 9.61. The van der Waals surface area contributed by atoms with Gasteiger partial charge in [-0.1, -0.05) is 6.07 Å². The molecule has 6 atom stereocenters. The van der Waals surface area contributed by atoms with Gasteiger partial charge in [0.1, 0.15) is 17.9 Å². The number of likely N-dealkylation sites (tertiary alicyclic amines) is 1. The molecule has 2 aliphatic carbocycles. The molecule has 1 fully saturated rings. The van der Waals surface area contributed by atoms with Gasteiger partial charge < -0.3 is 34.6 Å². The van der Waals surface area contributed by atoms with Gasteiger partial charge in [0.2, 0.25) is 5.91 Å². The van der Waals surface area contributed by atoms with Crippen LogP contribution in [0.4, 0.5) is 0 Å². The summed E-state index contributed by atoms with van der Waals surface area (Å²) < 4.78 is 17.8. The van der Waals surface area contributed by atoms with E-state index in [2.05, 4.69) is 10.2 Å². The highest BCUT2D eigenvalue weighted by Gasteiger charge is 2.72. The summed E-state index contributed by atoms with van der Waals surface area (Å²) in [4.78, 5) is 26.8. The Balaban J connectivity index is 1.54. The number of rotatable bonds is 5. The summed E-state index contributed by atoms with van der Waals surface area (Å²) in [5, 5.41) is 24.0. The van der Waals surface area contributed by atoms with Gasteiger partial charge in [-0.3, -0.25) is 4.79 Å². The van der Waals surface area contributed by atoms with Crippen molar-refractivity contribution in [3.63, 3.8) is 0 Å². The average Bonchev–Trinajstić information content (AvgIpc) is 3.13. The molecule has 9 heteroatoms. The summed E-state index contributed by atoms with van der Waals surface area (Å²) in [6, 6.07) is 2.86. The third kappa shape index (κ3) is 2.88. The van der Waals surface area contributed by atoms with Crippen molar-refractivity contribution in [2.75, 3.05) is 20.7 Å². The number of hydrogen-bond donors (Lipinski definition) is 3. The molecule has 178 valence electrons. The minimum atomic E-state index is -1.24. The predicted octanol–water partition coefficient (Wildman–Crippen LogP) is 0.402. The van der Waals surface area contributed by atoms with Crippen LogP contribution in [0.25, 0.3) is 0 Å². The number of esters is 1. The number of methoxy groups -OCH3 is 1. The highest BCUT2D eigenvalue weighted by molar-refractivity contribution is 5.86.